The summed E-state index contributed by atoms with van der Waals surface area (Å²) in [6.07, 6.45) is 0. The predicted octanol–water partition coefficient (Wildman–Crippen LogP) is 2.98. The van der Waals surface area contributed by atoms with Crippen LogP contribution in [0.2, 0.25) is 0 Å². The number of nitrogens with one attached hydrogen (secondary N) is 2. The maximum absolute atomic E-state index is 14.3. The lowest BCUT2D eigenvalue weighted by atomic mass is 10.0. The minimum atomic E-state index is -4.33. The van der Waals surface area contributed by atoms with E-state index in [0.29, 0.717) is 17.3 Å². The number of fused-ring (bicyclic) bond motifs is 1. The van der Waals surface area contributed by atoms with Crippen LogP contribution >= 0.6 is 0 Å². The van der Waals surface area contributed by atoms with Gasteiger partial charge in [-0.05, 0) is 37.6 Å². The lowest BCUT2D eigenvalue weighted by Crippen LogP contribution is -2.40. The van der Waals surface area contributed by atoms with Gasteiger partial charge in [0.15, 0.2) is 5.82 Å². The Morgan fingerprint density at radius 2 is 1.88 bits per heavy atom. The minimum Gasteiger partial charge on any atom is -0.326 e. The van der Waals surface area contributed by atoms with Gasteiger partial charge in [0.2, 0.25) is 10.0 Å². The number of amides is 1. The standard InChI is InChI=1S/C21H20F3N5O3S/c1-21(2)18-15(10-29(21)33(31,32)14-7-12(22)6-13(23)8-14)19(28-27-18)26-20(30)17-11(9-25)4-3-5-16(17)24/h3-8H,9-10,25H2,1-2H3,(H2,26,27,28,30). The van der Waals surface area contributed by atoms with Crippen LogP contribution in [0, 0.1) is 17.5 Å². The zero-order valence-electron chi connectivity index (χ0n) is 17.6. The van der Waals surface area contributed by atoms with Crippen molar-refractivity contribution in [1.29, 1.82) is 0 Å². The predicted molar refractivity (Wildman–Crippen MR) is 113 cm³/mol. The smallest absolute Gasteiger partial charge is 0.260 e. The summed E-state index contributed by atoms with van der Waals surface area (Å²) in [5, 5.41) is 9.27. The van der Waals surface area contributed by atoms with Crippen molar-refractivity contribution >= 4 is 21.7 Å². The van der Waals surface area contributed by atoms with Gasteiger partial charge in [0.25, 0.3) is 5.91 Å². The van der Waals surface area contributed by atoms with Crippen LogP contribution in [0.3, 0.4) is 0 Å². The number of carbonyl (C=O) groups is 1. The van der Waals surface area contributed by atoms with E-state index in [1.807, 2.05) is 0 Å². The summed E-state index contributed by atoms with van der Waals surface area (Å²) in [6.45, 7) is 2.86. The number of hydrogen-bond acceptors (Lipinski definition) is 5. The molecule has 0 saturated carbocycles. The van der Waals surface area contributed by atoms with E-state index >= 15 is 0 Å². The van der Waals surface area contributed by atoms with E-state index in [9.17, 15) is 26.4 Å². The Labute approximate surface area is 187 Å². The summed E-state index contributed by atoms with van der Waals surface area (Å²) in [5.41, 5.74) is 5.19. The molecular weight excluding hydrogens is 459 g/mol. The number of rotatable bonds is 5. The number of H-pyrrole nitrogens is 1. The third-order valence-corrected chi connectivity index (χ3v) is 7.60. The average Bonchev–Trinajstić information content (AvgIpc) is 3.25. The average molecular weight is 479 g/mol. The molecule has 1 aromatic heterocycles. The molecule has 2 heterocycles. The van der Waals surface area contributed by atoms with Crippen LogP contribution in [0.4, 0.5) is 19.0 Å². The van der Waals surface area contributed by atoms with Crippen LogP contribution in [-0.4, -0.2) is 28.8 Å². The summed E-state index contributed by atoms with van der Waals surface area (Å²) in [4.78, 5) is 12.2. The van der Waals surface area contributed by atoms with Crippen molar-refractivity contribution in [2.24, 2.45) is 5.73 Å². The molecule has 0 bridgehead atoms. The van der Waals surface area contributed by atoms with E-state index in [4.69, 9.17) is 5.73 Å². The summed E-state index contributed by atoms with van der Waals surface area (Å²) in [6, 6.07) is 6.11. The normalized spacial score (nSPS) is 15.5. The fraction of sp³-hybridized carbons (Fsp3) is 0.238. The number of aromatic nitrogens is 2. The van der Waals surface area contributed by atoms with E-state index in [1.54, 1.807) is 13.8 Å². The third kappa shape index (κ3) is 3.79. The van der Waals surface area contributed by atoms with E-state index in [2.05, 4.69) is 15.5 Å². The van der Waals surface area contributed by atoms with E-state index < -0.39 is 43.8 Å². The van der Waals surface area contributed by atoms with Crippen LogP contribution in [-0.2, 0) is 28.7 Å². The second-order valence-corrected chi connectivity index (χ2v) is 9.90. The Morgan fingerprint density at radius 3 is 2.52 bits per heavy atom. The summed E-state index contributed by atoms with van der Waals surface area (Å²) in [5.74, 6) is -3.61. The molecule has 2 aromatic carbocycles. The van der Waals surface area contributed by atoms with Gasteiger partial charge in [-0.25, -0.2) is 21.6 Å². The highest BCUT2D eigenvalue weighted by Crippen LogP contribution is 2.43. The highest BCUT2D eigenvalue weighted by atomic mass is 32.2. The van der Waals surface area contributed by atoms with Gasteiger partial charge in [-0.15, -0.1) is 0 Å². The van der Waals surface area contributed by atoms with Gasteiger partial charge in [-0.3, -0.25) is 9.89 Å². The monoisotopic (exact) mass is 479 g/mol. The molecule has 0 radical (unpaired) electrons. The summed E-state index contributed by atoms with van der Waals surface area (Å²) in [7, 11) is -4.33. The van der Waals surface area contributed by atoms with Crippen LogP contribution in [0.1, 0.15) is 41.0 Å². The Morgan fingerprint density at radius 1 is 1.21 bits per heavy atom. The highest BCUT2D eigenvalue weighted by Gasteiger charge is 2.48. The zero-order chi connectivity index (χ0) is 24.1. The molecule has 0 fully saturated rings. The zero-order valence-corrected chi connectivity index (χ0v) is 18.4. The maximum Gasteiger partial charge on any atom is 0.260 e. The van der Waals surface area contributed by atoms with Gasteiger partial charge < -0.3 is 11.1 Å². The first kappa shape index (κ1) is 23.0. The Hall–Kier alpha value is -3.22. The van der Waals surface area contributed by atoms with Gasteiger partial charge in [-0.1, -0.05) is 12.1 Å². The van der Waals surface area contributed by atoms with Crippen LogP contribution in [0.5, 0.6) is 0 Å². The Bertz CT molecular complexity index is 1350. The molecule has 0 saturated heterocycles. The number of carbonyl (C=O) groups excluding carboxylic acids is 1. The van der Waals surface area contributed by atoms with Crippen molar-refractivity contribution in [2.75, 3.05) is 5.32 Å². The molecule has 1 amide bonds. The van der Waals surface area contributed by atoms with Gasteiger partial charge in [0.1, 0.15) is 17.5 Å². The molecule has 0 aliphatic carbocycles. The number of aromatic amines is 1. The molecule has 1 aliphatic heterocycles. The number of nitrogens with zero attached hydrogens (tertiary/aromatic N) is 2. The molecule has 4 N–H and O–H groups in total. The number of anilines is 1. The Kier molecular flexibility index (Phi) is 5.55. The SMILES string of the molecule is CC1(C)c2[nH]nc(NC(=O)c3c(F)cccc3CN)c2CN1S(=O)(=O)c1cc(F)cc(F)c1. The van der Waals surface area contributed by atoms with Crippen molar-refractivity contribution in [2.45, 2.75) is 37.4 Å². The molecule has 8 nitrogen and oxygen atoms in total. The molecule has 1 aliphatic rings. The summed E-state index contributed by atoms with van der Waals surface area (Å²) >= 11 is 0. The first-order valence-corrected chi connectivity index (χ1v) is 11.3. The molecule has 0 spiro atoms. The van der Waals surface area contributed by atoms with Crippen LogP contribution in [0.15, 0.2) is 41.3 Å². The maximum atomic E-state index is 14.3. The molecule has 3 aromatic rings. The first-order valence-electron chi connectivity index (χ1n) is 9.82. The quantitative estimate of drug-likeness (QED) is 0.520. The second kappa shape index (κ2) is 7.97. The van der Waals surface area contributed by atoms with Crippen LogP contribution < -0.4 is 11.1 Å². The van der Waals surface area contributed by atoms with Crippen molar-refractivity contribution in [3.05, 3.63) is 76.2 Å². The topological polar surface area (TPSA) is 121 Å². The van der Waals surface area contributed by atoms with Crippen molar-refractivity contribution in [3.8, 4) is 0 Å². The van der Waals surface area contributed by atoms with Crippen molar-refractivity contribution in [3.63, 3.8) is 0 Å². The Balaban J connectivity index is 1.69. The van der Waals surface area contributed by atoms with Gasteiger partial charge in [-0.2, -0.15) is 9.40 Å². The molecular formula is C21H20F3N5O3S. The molecule has 0 unspecified atom stereocenters. The van der Waals surface area contributed by atoms with Crippen LogP contribution in [0.25, 0.3) is 0 Å². The lowest BCUT2D eigenvalue weighted by molar-refractivity contribution is 0.102. The van der Waals surface area contributed by atoms with Gasteiger partial charge in [0, 0.05) is 24.7 Å². The molecule has 4 rings (SSSR count). The van der Waals surface area contributed by atoms with E-state index in [-0.39, 0.29) is 30.0 Å². The van der Waals surface area contributed by atoms with E-state index in [0.717, 1.165) is 22.5 Å². The largest absolute Gasteiger partial charge is 0.326 e. The summed E-state index contributed by atoms with van der Waals surface area (Å²) < 4.78 is 69.1. The first-order chi connectivity index (χ1) is 15.5. The number of nitrogens with two attached hydrogens (primary N) is 1. The highest BCUT2D eigenvalue weighted by molar-refractivity contribution is 7.89. The number of benzene rings is 2. The number of sulfonamides is 1. The second-order valence-electron chi connectivity index (χ2n) is 8.03. The number of halogens is 3. The van der Waals surface area contributed by atoms with Gasteiger partial charge >= 0.3 is 0 Å². The lowest BCUT2D eigenvalue weighted by Gasteiger charge is -2.30. The molecule has 33 heavy (non-hydrogen) atoms. The fourth-order valence-electron chi connectivity index (χ4n) is 3.95. The molecule has 174 valence electrons. The van der Waals surface area contributed by atoms with E-state index in [1.165, 1.54) is 12.1 Å². The van der Waals surface area contributed by atoms with Crippen molar-refractivity contribution < 1.29 is 26.4 Å². The number of hydrogen-bond donors (Lipinski definition) is 3. The fourth-order valence-corrected chi connectivity index (χ4v) is 5.72. The van der Waals surface area contributed by atoms with Gasteiger partial charge in [0.05, 0.1) is 21.7 Å². The van der Waals surface area contributed by atoms with Crippen molar-refractivity contribution in [1.82, 2.24) is 14.5 Å². The minimum absolute atomic E-state index is 0.0115. The molecule has 12 heteroatoms. The molecule has 0 atom stereocenters. The third-order valence-electron chi connectivity index (χ3n) is 5.61.